The highest BCUT2D eigenvalue weighted by molar-refractivity contribution is 6.19. The summed E-state index contributed by atoms with van der Waals surface area (Å²) in [4.78, 5) is 28.0. The Morgan fingerprint density at radius 1 is 0.926 bits per heavy atom. The second-order valence-corrected chi connectivity index (χ2v) is 6.89. The van der Waals surface area contributed by atoms with Crippen LogP contribution in [-0.2, 0) is 0 Å². The molecule has 1 unspecified atom stereocenters. The molecule has 1 N–H and O–H groups in total. The van der Waals surface area contributed by atoms with Crippen molar-refractivity contribution in [3.05, 3.63) is 94.5 Å². The Bertz CT molecular complexity index is 1050. The fourth-order valence-electron chi connectivity index (χ4n) is 3.54. The van der Waals surface area contributed by atoms with E-state index < -0.39 is 6.04 Å². The predicted octanol–water partition coefficient (Wildman–Crippen LogP) is 4.59. The molecule has 0 spiro atoms. The van der Waals surface area contributed by atoms with Crippen molar-refractivity contribution in [3.63, 3.8) is 0 Å². The van der Waals surface area contributed by atoms with Crippen LogP contribution in [-0.4, -0.2) is 16.8 Å². The van der Waals surface area contributed by atoms with Gasteiger partial charge in [0.2, 0.25) is 0 Å². The van der Waals surface area contributed by atoms with E-state index in [1.54, 1.807) is 36.4 Å². The molecule has 0 aromatic heterocycles. The molecule has 0 bridgehead atoms. The number of hydrogen-bond donors (Lipinski definition) is 1. The second kappa shape index (κ2) is 6.40. The molecule has 0 fully saturated rings. The number of fused-ring (bicyclic) bond motifs is 1. The van der Waals surface area contributed by atoms with Gasteiger partial charge in [-0.1, -0.05) is 42.0 Å². The quantitative estimate of drug-likeness (QED) is 0.697. The van der Waals surface area contributed by atoms with Crippen LogP contribution in [0.3, 0.4) is 0 Å². The van der Waals surface area contributed by atoms with Gasteiger partial charge in [0.1, 0.15) is 11.8 Å². The van der Waals surface area contributed by atoms with Crippen LogP contribution in [0.5, 0.6) is 5.75 Å². The third-order valence-corrected chi connectivity index (χ3v) is 4.94. The number of phenolic OH excluding ortho intramolecular Hbond substituents is 1. The first-order chi connectivity index (χ1) is 13.0. The molecule has 0 saturated heterocycles. The van der Waals surface area contributed by atoms with Gasteiger partial charge in [-0.25, -0.2) is 0 Å². The minimum Gasteiger partial charge on any atom is -0.507 e. The summed E-state index contributed by atoms with van der Waals surface area (Å²) >= 11 is 0. The number of aromatic hydroxyl groups is 1. The maximum absolute atomic E-state index is 13.4. The highest BCUT2D eigenvalue weighted by atomic mass is 16.3. The number of benzene rings is 3. The molecule has 27 heavy (non-hydrogen) atoms. The molecule has 4 rings (SSSR count). The van der Waals surface area contributed by atoms with E-state index in [0.717, 1.165) is 11.1 Å². The SMILES string of the molecule is Cc1ccc(N2C(=O)c3ccccc3C2C(=O)c2ccc(C)cc2O)cc1. The molecule has 134 valence electrons. The minimum absolute atomic E-state index is 0.0688. The average molecular weight is 357 g/mol. The molecule has 4 nitrogen and oxygen atoms in total. The summed E-state index contributed by atoms with van der Waals surface area (Å²) in [7, 11) is 0. The molecule has 1 atom stereocenters. The summed E-state index contributed by atoms with van der Waals surface area (Å²) in [5, 5.41) is 10.3. The molecule has 1 aliphatic rings. The normalized spacial score (nSPS) is 15.7. The minimum atomic E-state index is -0.801. The van der Waals surface area contributed by atoms with Crippen molar-refractivity contribution in [2.75, 3.05) is 4.90 Å². The van der Waals surface area contributed by atoms with Gasteiger partial charge in [0.05, 0.1) is 5.56 Å². The van der Waals surface area contributed by atoms with Crippen molar-refractivity contribution in [1.82, 2.24) is 0 Å². The van der Waals surface area contributed by atoms with Gasteiger partial charge in [0.15, 0.2) is 5.78 Å². The molecule has 0 aliphatic carbocycles. The number of phenols is 1. The van der Waals surface area contributed by atoms with Crippen LogP contribution in [0.4, 0.5) is 5.69 Å². The maximum atomic E-state index is 13.4. The number of Topliss-reactive ketones (excluding diaryl/α,β-unsaturated/α-hetero) is 1. The highest BCUT2D eigenvalue weighted by Crippen LogP contribution is 2.40. The number of nitrogens with zero attached hydrogens (tertiary/aromatic N) is 1. The van der Waals surface area contributed by atoms with Crippen LogP contribution >= 0.6 is 0 Å². The lowest BCUT2D eigenvalue weighted by molar-refractivity contribution is 0.0914. The van der Waals surface area contributed by atoms with Gasteiger partial charge >= 0.3 is 0 Å². The van der Waals surface area contributed by atoms with Gasteiger partial charge in [0.25, 0.3) is 5.91 Å². The van der Waals surface area contributed by atoms with E-state index in [9.17, 15) is 14.7 Å². The van der Waals surface area contributed by atoms with Gasteiger partial charge in [-0.15, -0.1) is 0 Å². The van der Waals surface area contributed by atoms with E-state index in [0.29, 0.717) is 16.8 Å². The zero-order valence-electron chi connectivity index (χ0n) is 15.1. The first-order valence-electron chi connectivity index (χ1n) is 8.80. The Morgan fingerprint density at radius 2 is 1.59 bits per heavy atom. The predicted molar refractivity (Wildman–Crippen MR) is 104 cm³/mol. The first-order valence-corrected chi connectivity index (χ1v) is 8.80. The third-order valence-electron chi connectivity index (χ3n) is 4.94. The molecule has 3 aromatic carbocycles. The highest BCUT2D eigenvalue weighted by Gasteiger charge is 2.42. The molecule has 1 amide bonds. The molecular formula is C23H19NO3. The summed E-state index contributed by atoms with van der Waals surface area (Å²) in [6.45, 7) is 3.82. The summed E-state index contributed by atoms with van der Waals surface area (Å²) in [5.41, 5.74) is 3.99. The molecule has 0 saturated carbocycles. The zero-order valence-corrected chi connectivity index (χ0v) is 15.1. The lowest BCUT2D eigenvalue weighted by atomic mass is 9.95. The molecule has 1 aliphatic heterocycles. The largest absolute Gasteiger partial charge is 0.507 e. The lowest BCUT2D eigenvalue weighted by Crippen LogP contribution is -2.32. The smallest absolute Gasteiger partial charge is 0.259 e. The van der Waals surface area contributed by atoms with Crippen molar-refractivity contribution in [1.29, 1.82) is 0 Å². The standard InChI is InChI=1S/C23H19NO3/c1-14-7-10-16(11-8-14)24-21(17-5-3-4-6-18(17)23(24)27)22(26)19-12-9-15(2)13-20(19)25/h3-13,21,25H,1-2H3. The van der Waals surface area contributed by atoms with Gasteiger partial charge in [0, 0.05) is 11.3 Å². The Hall–Kier alpha value is -3.40. The van der Waals surface area contributed by atoms with Crippen LogP contribution in [0.25, 0.3) is 0 Å². The summed E-state index contributed by atoms with van der Waals surface area (Å²) < 4.78 is 0. The van der Waals surface area contributed by atoms with Crippen molar-refractivity contribution in [3.8, 4) is 5.75 Å². The van der Waals surface area contributed by atoms with Gasteiger partial charge in [-0.2, -0.15) is 0 Å². The molecule has 4 heteroatoms. The fraction of sp³-hybridized carbons (Fsp3) is 0.130. The number of ketones is 1. The molecular weight excluding hydrogens is 338 g/mol. The molecule has 0 radical (unpaired) electrons. The fourth-order valence-corrected chi connectivity index (χ4v) is 3.54. The maximum Gasteiger partial charge on any atom is 0.259 e. The molecule has 1 heterocycles. The molecule has 3 aromatic rings. The van der Waals surface area contributed by atoms with Crippen molar-refractivity contribution < 1.29 is 14.7 Å². The van der Waals surface area contributed by atoms with Crippen molar-refractivity contribution in [2.24, 2.45) is 0 Å². The van der Waals surface area contributed by atoms with E-state index in [4.69, 9.17) is 0 Å². The van der Waals surface area contributed by atoms with Gasteiger partial charge < -0.3 is 5.11 Å². The Kier molecular flexibility index (Phi) is 4.04. The van der Waals surface area contributed by atoms with Crippen LogP contribution in [0.15, 0.2) is 66.7 Å². The lowest BCUT2D eigenvalue weighted by Gasteiger charge is -2.25. The number of carbonyl (C=O) groups is 2. The Balaban J connectivity index is 1.87. The van der Waals surface area contributed by atoms with Crippen LogP contribution in [0, 0.1) is 13.8 Å². The van der Waals surface area contributed by atoms with Crippen LogP contribution < -0.4 is 4.90 Å². The number of hydrogen-bond acceptors (Lipinski definition) is 3. The van der Waals surface area contributed by atoms with Crippen molar-refractivity contribution in [2.45, 2.75) is 19.9 Å². The second-order valence-electron chi connectivity index (χ2n) is 6.89. The number of aryl methyl sites for hydroxylation is 2. The van der Waals surface area contributed by atoms with Crippen molar-refractivity contribution >= 4 is 17.4 Å². The Labute approximate surface area is 157 Å². The van der Waals surface area contributed by atoms with E-state index in [1.165, 1.54) is 4.90 Å². The average Bonchev–Trinajstić information content (AvgIpc) is 2.95. The number of carbonyl (C=O) groups excluding carboxylic acids is 2. The van der Waals surface area contributed by atoms with E-state index in [2.05, 4.69) is 0 Å². The van der Waals surface area contributed by atoms with Gasteiger partial charge in [-0.05, 0) is 55.3 Å². The summed E-state index contributed by atoms with van der Waals surface area (Å²) in [6, 6.07) is 18.8. The van der Waals surface area contributed by atoms with E-state index in [-0.39, 0.29) is 23.0 Å². The zero-order chi connectivity index (χ0) is 19.1. The number of rotatable bonds is 3. The number of anilines is 1. The number of amides is 1. The summed E-state index contributed by atoms with van der Waals surface area (Å²) in [5.74, 6) is -0.577. The topological polar surface area (TPSA) is 57.6 Å². The van der Waals surface area contributed by atoms with Crippen LogP contribution in [0.1, 0.15) is 43.4 Å². The van der Waals surface area contributed by atoms with E-state index >= 15 is 0 Å². The van der Waals surface area contributed by atoms with Gasteiger partial charge in [-0.3, -0.25) is 14.5 Å². The summed E-state index contributed by atoms with van der Waals surface area (Å²) in [6.07, 6.45) is 0. The Morgan fingerprint density at radius 3 is 2.30 bits per heavy atom. The van der Waals surface area contributed by atoms with E-state index in [1.807, 2.05) is 44.2 Å². The van der Waals surface area contributed by atoms with Crippen LogP contribution in [0.2, 0.25) is 0 Å². The first kappa shape index (κ1) is 17.0. The monoisotopic (exact) mass is 357 g/mol. The third kappa shape index (κ3) is 2.79.